The van der Waals surface area contributed by atoms with Crippen LogP contribution < -0.4 is 0 Å². The first kappa shape index (κ1) is 11.4. The molecular formula is C13H26N2. The van der Waals surface area contributed by atoms with Crippen molar-refractivity contribution < 1.29 is 0 Å². The van der Waals surface area contributed by atoms with Crippen molar-refractivity contribution in [2.45, 2.75) is 46.2 Å². The Morgan fingerprint density at radius 3 is 1.53 bits per heavy atom. The Balaban J connectivity index is 1.83. The van der Waals surface area contributed by atoms with Crippen LogP contribution in [0.5, 0.6) is 0 Å². The van der Waals surface area contributed by atoms with Crippen LogP contribution in [-0.4, -0.2) is 48.1 Å². The van der Waals surface area contributed by atoms with E-state index in [-0.39, 0.29) is 0 Å². The maximum atomic E-state index is 2.71. The summed E-state index contributed by atoms with van der Waals surface area (Å²) < 4.78 is 0. The number of fused-ring (bicyclic) bond motifs is 2. The average molecular weight is 210 g/mol. The first-order valence-corrected chi connectivity index (χ1v) is 6.54. The topological polar surface area (TPSA) is 6.48 Å². The van der Waals surface area contributed by atoms with Gasteiger partial charge in [0.1, 0.15) is 0 Å². The predicted octanol–water partition coefficient (Wildman–Crippen LogP) is 2.06. The van der Waals surface area contributed by atoms with Crippen LogP contribution in [0.15, 0.2) is 0 Å². The summed E-state index contributed by atoms with van der Waals surface area (Å²) in [6.07, 6.45) is 1.43. The fourth-order valence-electron chi connectivity index (χ4n) is 3.22. The van der Waals surface area contributed by atoms with E-state index >= 15 is 0 Å². The van der Waals surface area contributed by atoms with E-state index in [1.54, 1.807) is 0 Å². The third kappa shape index (κ3) is 2.54. The second kappa shape index (κ2) is 4.42. The Hall–Kier alpha value is -0.0800. The molecule has 2 aliphatic rings. The highest BCUT2D eigenvalue weighted by atomic mass is 15.3. The van der Waals surface area contributed by atoms with E-state index < -0.39 is 0 Å². The minimum absolute atomic E-state index is 0.822. The lowest BCUT2D eigenvalue weighted by atomic mass is 10.1. The summed E-state index contributed by atoms with van der Waals surface area (Å²) in [7, 11) is 0. The quantitative estimate of drug-likeness (QED) is 0.701. The van der Waals surface area contributed by atoms with Crippen molar-refractivity contribution in [2.24, 2.45) is 11.8 Å². The third-order valence-electron chi connectivity index (χ3n) is 3.67. The van der Waals surface area contributed by atoms with Crippen molar-refractivity contribution in [1.82, 2.24) is 9.80 Å². The second-order valence-corrected chi connectivity index (χ2v) is 6.24. The van der Waals surface area contributed by atoms with Gasteiger partial charge in [-0.2, -0.15) is 0 Å². The Morgan fingerprint density at radius 2 is 1.27 bits per heavy atom. The van der Waals surface area contributed by atoms with Crippen molar-refractivity contribution in [3.05, 3.63) is 0 Å². The lowest BCUT2D eigenvalue weighted by molar-refractivity contribution is 0.109. The molecule has 0 aromatic rings. The lowest BCUT2D eigenvalue weighted by Gasteiger charge is -2.35. The zero-order chi connectivity index (χ0) is 11.0. The van der Waals surface area contributed by atoms with Gasteiger partial charge < -0.3 is 0 Å². The third-order valence-corrected chi connectivity index (χ3v) is 3.67. The molecule has 0 radical (unpaired) electrons. The molecule has 0 aromatic heterocycles. The van der Waals surface area contributed by atoms with Crippen LogP contribution in [0.3, 0.4) is 0 Å². The fraction of sp³-hybridized carbons (Fsp3) is 1.00. The SMILES string of the molecule is CC(C)CN1CC2CC1CN2CC(C)C. The average Bonchev–Trinajstić information content (AvgIpc) is 2.60. The van der Waals surface area contributed by atoms with Crippen LogP contribution in [0.1, 0.15) is 34.1 Å². The van der Waals surface area contributed by atoms with Crippen LogP contribution in [0, 0.1) is 11.8 Å². The molecule has 15 heavy (non-hydrogen) atoms. The lowest BCUT2D eigenvalue weighted by Crippen LogP contribution is -2.48. The number of nitrogens with zero attached hydrogens (tertiary/aromatic N) is 2. The van der Waals surface area contributed by atoms with E-state index in [2.05, 4.69) is 37.5 Å². The molecule has 0 aromatic carbocycles. The van der Waals surface area contributed by atoms with Gasteiger partial charge in [-0.05, 0) is 18.3 Å². The highest BCUT2D eigenvalue weighted by Gasteiger charge is 2.42. The van der Waals surface area contributed by atoms with Crippen LogP contribution in [0.4, 0.5) is 0 Å². The number of rotatable bonds is 4. The molecule has 2 fully saturated rings. The molecule has 0 aliphatic carbocycles. The molecule has 2 nitrogen and oxygen atoms in total. The van der Waals surface area contributed by atoms with Crippen molar-refractivity contribution in [1.29, 1.82) is 0 Å². The van der Waals surface area contributed by atoms with Crippen molar-refractivity contribution in [3.8, 4) is 0 Å². The smallest absolute Gasteiger partial charge is 0.0239 e. The van der Waals surface area contributed by atoms with Gasteiger partial charge in [-0.3, -0.25) is 9.80 Å². The summed E-state index contributed by atoms with van der Waals surface area (Å²) in [5, 5.41) is 0. The van der Waals surface area contributed by atoms with Crippen LogP contribution in [0.25, 0.3) is 0 Å². The number of hydrogen-bond acceptors (Lipinski definition) is 2. The highest BCUT2D eigenvalue weighted by Crippen LogP contribution is 2.31. The summed E-state index contributed by atoms with van der Waals surface area (Å²) >= 11 is 0. The molecule has 2 heterocycles. The van der Waals surface area contributed by atoms with Gasteiger partial charge in [-0.15, -0.1) is 0 Å². The fourth-order valence-corrected chi connectivity index (χ4v) is 3.22. The molecule has 88 valence electrons. The van der Waals surface area contributed by atoms with Crippen molar-refractivity contribution in [2.75, 3.05) is 26.2 Å². The summed E-state index contributed by atoms with van der Waals surface area (Å²) in [6, 6.07) is 1.74. The maximum absolute atomic E-state index is 2.71. The summed E-state index contributed by atoms with van der Waals surface area (Å²) in [5.41, 5.74) is 0. The van der Waals surface area contributed by atoms with Gasteiger partial charge in [0.2, 0.25) is 0 Å². The van der Waals surface area contributed by atoms with E-state index in [0.717, 1.165) is 23.9 Å². The molecule has 2 heteroatoms. The summed E-state index contributed by atoms with van der Waals surface area (Å²) in [6.45, 7) is 14.6. The Bertz CT molecular complexity index is 191. The standard InChI is InChI=1S/C13H26N2/c1-10(2)6-14-8-13-5-12(14)9-15(13)7-11(3)4/h10-13H,5-9H2,1-4H3. The molecule has 0 spiro atoms. The number of likely N-dealkylation sites (tertiary alicyclic amines) is 2. The molecule has 0 saturated carbocycles. The molecule has 2 saturated heterocycles. The summed E-state index contributed by atoms with van der Waals surface area (Å²) in [4.78, 5) is 5.43. The van der Waals surface area contributed by atoms with Crippen LogP contribution in [0.2, 0.25) is 0 Å². The Kier molecular flexibility index (Phi) is 3.36. The molecule has 2 unspecified atom stereocenters. The molecule has 0 N–H and O–H groups in total. The normalized spacial score (nSPS) is 32.4. The highest BCUT2D eigenvalue weighted by molar-refractivity contribution is 4.99. The monoisotopic (exact) mass is 210 g/mol. The van der Waals surface area contributed by atoms with Gasteiger partial charge >= 0.3 is 0 Å². The molecular weight excluding hydrogens is 184 g/mol. The first-order chi connectivity index (χ1) is 7.06. The molecule has 0 amide bonds. The minimum Gasteiger partial charge on any atom is -0.297 e. The molecule has 2 rings (SSSR count). The van der Waals surface area contributed by atoms with Gasteiger partial charge in [0.05, 0.1) is 0 Å². The first-order valence-electron chi connectivity index (χ1n) is 6.54. The van der Waals surface area contributed by atoms with E-state index in [4.69, 9.17) is 0 Å². The zero-order valence-corrected chi connectivity index (χ0v) is 10.7. The van der Waals surface area contributed by atoms with Crippen molar-refractivity contribution >= 4 is 0 Å². The van der Waals surface area contributed by atoms with E-state index in [0.29, 0.717) is 0 Å². The van der Waals surface area contributed by atoms with Gasteiger partial charge in [-0.25, -0.2) is 0 Å². The second-order valence-electron chi connectivity index (χ2n) is 6.24. The summed E-state index contributed by atoms with van der Waals surface area (Å²) in [5.74, 6) is 1.64. The van der Waals surface area contributed by atoms with Crippen LogP contribution in [-0.2, 0) is 0 Å². The van der Waals surface area contributed by atoms with E-state index in [1.165, 1.54) is 32.6 Å². The molecule has 2 aliphatic heterocycles. The molecule has 2 atom stereocenters. The number of piperazine rings is 1. The Morgan fingerprint density at radius 1 is 0.867 bits per heavy atom. The van der Waals surface area contributed by atoms with Gasteiger partial charge in [0.15, 0.2) is 0 Å². The number of hydrogen-bond donors (Lipinski definition) is 0. The Labute approximate surface area is 94.6 Å². The van der Waals surface area contributed by atoms with E-state index in [1.807, 2.05) is 0 Å². The van der Waals surface area contributed by atoms with Crippen molar-refractivity contribution in [3.63, 3.8) is 0 Å². The molecule has 2 bridgehead atoms. The largest absolute Gasteiger partial charge is 0.297 e. The van der Waals surface area contributed by atoms with Gasteiger partial charge in [0.25, 0.3) is 0 Å². The van der Waals surface area contributed by atoms with Gasteiger partial charge in [0, 0.05) is 38.3 Å². The minimum atomic E-state index is 0.822. The predicted molar refractivity (Wildman–Crippen MR) is 65.0 cm³/mol. The van der Waals surface area contributed by atoms with Gasteiger partial charge in [-0.1, -0.05) is 27.7 Å². The zero-order valence-electron chi connectivity index (χ0n) is 10.7. The van der Waals surface area contributed by atoms with E-state index in [9.17, 15) is 0 Å². The maximum Gasteiger partial charge on any atom is 0.0239 e. The van der Waals surface area contributed by atoms with Crippen LogP contribution >= 0.6 is 0 Å².